The summed E-state index contributed by atoms with van der Waals surface area (Å²) in [5.74, 6) is 0.104. The van der Waals surface area contributed by atoms with Crippen LogP contribution in [0.15, 0.2) is 67.3 Å². The Morgan fingerprint density at radius 1 is 1.18 bits per heavy atom. The summed E-state index contributed by atoms with van der Waals surface area (Å²) >= 11 is 1.34. The number of fused-ring (bicyclic) bond motifs is 1. The first kappa shape index (κ1) is 26.7. The molecule has 4 aromatic rings. The first-order chi connectivity index (χ1) is 19.0. The van der Waals surface area contributed by atoms with Crippen molar-refractivity contribution in [2.75, 3.05) is 11.3 Å². The monoisotopic (exact) mass is 550 g/mol. The molecule has 39 heavy (non-hydrogen) atoms. The fraction of sp³-hybridized carbons (Fsp3) is 0.308. The second-order valence-electron chi connectivity index (χ2n) is 8.81. The van der Waals surface area contributed by atoms with E-state index in [9.17, 15) is 20.0 Å². The van der Waals surface area contributed by atoms with Gasteiger partial charge in [-0.15, -0.1) is 11.8 Å². The Morgan fingerprint density at radius 2 is 1.95 bits per heavy atom. The zero-order chi connectivity index (χ0) is 27.4. The predicted octanol–water partition coefficient (Wildman–Crippen LogP) is 3.93. The molecule has 12 nitrogen and oxygen atoms in total. The quantitative estimate of drug-likeness (QED) is 0.128. The van der Waals surface area contributed by atoms with Gasteiger partial charge in [-0.3, -0.25) is 19.5 Å². The molecule has 0 saturated carbocycles. The van der Waals surface area contributed by atoms with E-state index in [0.29, 0.717) is 28.7 Å². The highest BCUT2D eigenvalue weighted by atomic mass is 32.2. The van der Waals surface area contributed by atoms with E-state index in [4.69, 9.17) is 9.47 Å². The minimum Gasteiger partial charge on any atom is -0.389 e. The molecule has 2 aromatic carbocycles. The molecule has 1 aliphatic heterocycles. The van der Waals surface area contributed by atoms with Crippen molar-refractivity contribution >= 4 is 40.3 Å². The van der Waals surface area contributed by atoms with Gasteiger partial charge in [0.25, 0.3) is 11.6 Å². The fourth-order valence-corrected chi connectivity index (χ4v) is 5.52. The third kappa shape index (κ3) is 5.61. The van der Waals surface area contributed by atoms with Crippen LogP contribution in [0.4, 0.5) is 11.5 Å². The number of aromatic nitrogens is 4. The van der Waals surface area contributed by atoms with Gasteiger partial charge in [-0.2, -0.15) is 0 Å². The van der Waals surface area contributed by atoms with Crippen LogP contribution in [0.25, 0.3) is 11.2 Å². The molecule has 202 valence electrons. The van der Waals surface area contributed by atoms with E-state index >= 15 is 0 Å². The number of nitrogens with one attached hydrogen (secondary N) is 1. The van der Waals surface area contributed by atoms with E-state index in [1.807, 2.05) is 13.0 Å². The first-order valence-corrected chi connectivity index (χ1v) is 13.3. The van der Waals surface area contributed by atoms with Crippen molar-refractivity contribution in [3.05, 3.63) is 88.5 Å². The van der Waals surface area contributed by atoms with Gasteiger partial charge in [-0.05, 0) is 24.6 Å². The minimum atomic E-state index is -0.795. The zero-order valence-electron chi connectivity index (χ0n) is 20.9. The molecule has 2 N–H and O–H groups in total. The number of ether oxygens (including phenoxy) is 2. The number of hydrogen-bond donors (Lipinski definition) is 2. The molecule has 1 saturated heterocycles. The van der Waals surface area contributed by atoms with Crippen LogP contribution < -0.4 is 5.32 Å². The Bertz CT molecular complexity index is 1470. The number of benzene rings is 2. The van der Waals surface area contributed by atoms with E-state index in [-0.39, 0.29) is 30.0 Å². The van der Waals surface area contributed by atoms with Crippen molar-refractivity contribution in [3.8, 4) is 0 Å². The van der Waals surface area contributed by atoms with Crippen LogP contribution in [-0.4, -0.2) is 58.9 Å². The lowest BCUT2D eigenvalue weighted by Crippen LogP contribution is -2.29. The molecule has 2 aromatic heterocycles. The summed E-state index contributed by atoms with van der Waals surface area (Å²) in [4.78, 5) is 36.5. The number of hydrogen-bond acceptors (Lipinski definition) is 10. The SMILES string of the molecule is CC[C@H]1O[C@@H](n2cnc3c(NC(=O)c4ccccc4)ncnc32)C(SCOCc2ccccc2[N+](=O)[O-])[C@H]1O. The van der Waals surface area contributed by atoms with Gasteiger partial charge >= 0.3 is 0 Å². The van der Waals surface area contributed by atoms with Crippen LogP contribution in [0.1, 0.15) is 35.5 Å². The lowest BCUT2D eigenvalue weighted by molar-refractivity contribution is -0.385. The summed E-state index contributed by atoms with van der Waals surface area (Å²) in [6, 6.07) is 15.2. The average Bonchev–Trinajstić information content (AvgIpc) is 3.52. The molecule has 1 amide bonds. The Kier molecular flexibility index (Phi) is 8.12. The number of carbonyl (C=O) groups excluding carboxylic acids is 1. The van der Waals surface area contributed by atoms with Crippen LogP contribution in [0, 0.1) is 10.1 Å². The molecular weight excluding hydrogens is 524 g/mol. The first-order valence-electron chi connectivity index (χ1n) is 12.3. The van der Waals surface area contributed by atoms with Gasteiger partial charge in [0.1, 0.15) is 6.33 Å². The molecule has 1 aliphatic rings. The standard InChI is InChI=1S/C26H26N6O6S/c1-2-19-21(33)22(39-15-37-12-17-10-6-7-11-18(17)32(35)36)26(38-19)31-14-29-20-23(27-13-28-24(20)31)30-25(34)16-8-4-3-5-9-16/h3-11,13-14,19,21-22,26,33H,2,12,15H2,1H3,(H,27,28,30,34)/t19-,21+,22?,26-/m1/s1. The number of carbonyl (C=O) groups is 1. The molecule has 3 heterocycles. The molecular formula is C26H26N6O6S. The van der Waals surface area contributed by atoms with Crippen LogP contribution in [0.5, 0.6) is 0 Å². The summed E-state index contributed by atoms with van der Waals surface area (Å²) in [6.45, 7) is 1.98. The predicted molar refractivity (Wildman–Crippen MR) is 144 cm³/mol. The number of amides is 1. The lowest BCUT2D eigenvalue weighted by Gasteiger charge is -2.21. The van der Waals surface area contributed by atoms with Gasteiger partial charge in [-0.25, -0.2) is 15.0 Å². The second kappa shape index (κ2) is 11.9. The lowest BCUT2D eigenvalue weighted by atomic mass is 10.1. The summed E-state index contributed by atoms with van der Waals surface area (Å²) in [6.07, 6.45) is 1.64. The van der Waals surface area contributed by atoms with E-state index in [1.165, 1.54) is 24.2 Å². The number of thioether (sulfide) groups is 1. The number of nitro benzene ring substituents is 1. The number of anilines is 1. The van der Waals surface area contributed by atoms with Crippen molar-refractivity contribution in [1.29, 1.82) is 0 Å². The maximum absolute atomic E-state index is 12.7. The molecule has 1 fully saturated rings. The third-order valence-corrected chi connectivity index (χ3v) is 7.61. The van der Waals surface area contributed by atoms with Crippen molar-refractivity contribution in [1.82, 2.24) is 19.5 Å². The summed E-state index contributed by atoms with van der Waals surface area (Å²) < 4.78 is 13.7. The number of nitrogens with zero attached hydrogens (tertiary/aromatic N) is 5. The van der Waals surface area contributed by atoms with Crippen LogP contribution in [-0.2, 0) is 16.1 Å². The van der Waals surface area contributed by atoms with E-state index in [2.05, 4.69) is 20.3 Å². The number of aliphatic hydroxyl groups excluding tert-OH is 1. The summed E-state index contributed by atoms with van der Waals surface area (Å²) in [5.41, 5.74) is 1.77. The molecule has 5 rings (SSSR count). The number of rotatable bonds is 10. The summed E-state index contributed by atoms with van der Waals surface area (Å²) in [5, 5.41) is 24.6. The van der Waals surface area contributed by atoms with E-state index < -0.39 is 28.6 Å². The van der Waals surface area contributed by atoms with Crippen molar-refractivity contribution in [3.63, 3.8) is 0 Å². The van der Waals surface area contributed by atoms with E-state index in [0.717, 1.165) is 0 Å². The highest BCUT2D eigenvalue weighted by Gasteiger charge is 2.44. The topological polar surface area (TPSA) is 155 Å². The number of para-hydroxylation sites is 1. The Balaban J connectivity index is 1.32. The number of imidazole rings is 1. The van der Waals surface area contributed by atoms with Crippen LogP contribution in [0.2, 0.25) is 0 Å². The van der Waals surface area contributed by atoms with Crippen molar-refractivity contribution in [2.24, 2.45) is 0 Å². The molecule has 13 heteroatoms. The smallest absolute Gasteiger partial charge is 0.274 e. The van der Waals surface area contributed by atoms with Gasteiger partial charge < -0.3 is 19.9 Å². The maximum atomic E-state index is 12.7. The van der Waals surface area contributed by atoms with Gasteiger partial charge in [0.2, 0.25) is 0 Å². The third-order valence-electron chi connectivity index (χ3n) is 6.41. The molecule has 4 atom stereocenters. The fourth-order valence-electron chi connectivity index (χ4n) is 4.45. The Hall–Kier alpha value is -3.91. The highest BCUT2D eigenvalue weighted by molar-refractivity contribution is 7.99. The van der Waals surface area contributed by atoms with Crippen molar-refractivity contribution in [2.45, 2.75) is 43.6 Å². The molecule has 0 spiro atoms. The Labute approximate surface area is 227 Å². The van der Waals surface area contributed by atoms with Gasteiger partial charge in [-0.1, -0.05) is 37.3 Å². The number of nitro groups is 1. The van der Waals surface area contributed by atoms with Gasteiger partial charge in [0.15, 0.2) is 23.2 Å². The molecule has 0 bridgehead atoms. The minimum absolute atomic E-state index is 0.00427. The number of aliphatic hydroxyl groups is 1. The van der Waals surface area contributed by atoms with Crippen molar-refractivity contribution < 1.29 is 24.3 Å². The maximum Gasteiger partial charge on any atom is 0.274 e. The second-order valence-corrected chi connectivity index (χ2v) is 9.93. The van der Waals surface area contributed by atoms with Crippen LogP contribution in [0.3, 0.4) is 0 Å². The van der Waals surface area contributed by atoms with Crippen LogP contribution >= 0.6 is 11.8 Å². The summed E-state index contributed by atoms with van der Waals surface area (Å²) in [7, 11) is 0. The molecule has 0 radical (unpaired) electrons. The highest BCUT2D eigenvalue weighted by Crippen LogP contribution is 2.40. The Morgan fingerprint density at radius 3 is 2.72 bits per heavy atom. The van der Waals surface area contributed by atoms with Gasteiger partial charge in [0.05, 0.1) is 46.8 Å². The zero-order valence-corrected chi connectivity index (χ0v) is 21.7. The molecule has 1 unspecified atom stereocenters. The van der Waals surface area contributed by atoms with E-state index in [1.54, 1.807) is 53.4 Å². The largest absolute Gasteiger partial charge is 0.389 e. The van der Waals surface area contributed by atoms with Gasteiger partial charge in [0, 0.05) is 11.6 Å². The normalized spacial score (nSPS) is 20.8. The molecule has 0 aliphatic carbocycles. The average molecular weight is 551 g/mol.